The van der Waals surface area contributed by atoms with Crippen LogP contribution in [0.25, 0.3) is 0 Å². The van der Waals surface area contributed by atoms with Crippen LogP contribution in [0.5, 0.6) is 11.5 Å². The molecule has 2 saturated heterocycles. The van der Waals surface area contributed by atoms with Gasteiger partial charge in [0.05, 0.1) is 17.8 Å². The second kappa shape index (κ2) is 11.4. The van der Waals surface area contributed by atoms with Crippen molar-refractivity contribution in [2.45, 2.75) is 116 Å². The highest BCUT2D eigenvalue weighted by atomic mass is 16.5. The molecule has 4 nitrogen and oxygen atoms in total. The lowest BCUT2D eigenvalue weighted by Gasteiger charge is -2.49. The molecule has 4 heteroatoms. The largest absolute Gasteiger partial charge is 0.457 e. The summed E-state index contributed by atoms with van der Waals surface area (Å²) in [4.78, 5) is 2.77. The first-order valence-corrected chi connectivity index (χ1v) is 18.0. The number of para-hydroxylation sites is 1. The molecule has 4 fully saturated rings. The predicted molar refractivity (Wildman–Crippen MR) is 180 cm³/mol. The van der Waals surface area contributed by atoms with E-state index in [4.69, 9.17) is 9.47 Å². The standard InChI is InChI=1S/C41H53NO3/c1-26-20-38-39(42(24-26)25-29-10-13-33(14-11-29)44-32-8-6-5-7-9-32)28(3)41(45-38)19-17-34-35-15-12-30-21-31(43)16-18-40(30,4)37(35)22-36(34)27(2)23-41/h5-11,13-14,21,26,28,31,34-35,37-39,43H,12,15-20,22-25H2,1-4H3/t26-,28+,31-,34-,35?,37-,38+,39-,40-,41-/m0/s1. The van der Waals surface area contributed by atoms with E-state index in [1.165, 1.54) is 44.1 Å². The maximum absolute atomic E-state index is 10.4. The molecule has 1 spiro atoms. The van der Waals surface area contributed by atoms with Crippen molar-refractivity contribution in [3.05, 3.63) is 83.0 Å². The van der Waals surface area contributed by atoms with Crippen LogP contribution in [0.1, 0.15) is 91.0 Å². The van der Waals surface area contributed by atoms with E-state index in [9.17, 15) is 5.11 Å². The smallest absolute Gasteiger partial charge is 0.127 e. The summed E-state index contributed by atoms with van der Waals surface area (Å²) in [7, 11) is 0. The Bertz CT molecular complexity index is 1460. The Morgan fingerprint density at radius 1 is 0.978 bits per heavy atom. The van der Waals surface area contributed by atoms with Crippen molar-refractivity contribution in [1.82, 2.24) is 4.90 Å². The molecule has 2 heterocycles. The van der Waals surface area contributed by atoms with Crippen LogP contribution in [0.15, 0.2) is 77.4 Å². The van der Waals surface area contributed by atoms with Gasteiger partial charge in [-0.3, -0.25) is 4.90 Å². The van der Waals surface area contributed by atoms with E-state index in [2.05, 4.69) is 62.9 Å². The third-order valence-electron chi connectivity index (χ3n) is 13.6. The summed E-state index contributed by atoms with van der Waals surface area (Å²) in [6, 6.07) is 19.3. The van der Waals surface area contributed by atoms with E-state index >= 15 is 0 Å². The van der Waals surface area contributed by atoms with Gasteiger partial charge in [0.2, 0.25) is 0 Å². The van der Waals surface area contributed by atoms with Crippen molar-refractivity contribution in [1.29, 1.82) is 0 Å². The minimum Gasteiger partial charge on any atom is -0.457 e. The summed E-state index contributed by atoms with van der Waals surface area (Å²) >= 11 is 0. The maximum Gasteiger partial charge on any atom is 0.127 e. The van der Waals surface area contributed by atoms with E-state index < -0.39 is 0 Å². The minimum absolute atomic E-state index is 0.0411. The summed E-state index contributed by atoms with van der Waals surface area (Å²) in [5.41, 5.74) is 6.61. The lowest BCUT2D eigenvalue weighted by Crippen LogP contribution is -2.51. The van der Waals surface area contributed by atoms with Crippen LogP contribution in [-0.4, -0.2) is 40.4 Å². The summed E-state index contributed by atoms with van der Waals surface area (Å²) in [6.45, 7) is 12.1. The molecule has 0 aromatic heterocycles. The number of benzene rings is 2. The fourth-order valence-corrected chi connectivity index (χ4v) is 11.4. The van der Waals surface area contributed by atoms with Gasteiger partial charge in [-0.1, -0.05) is 73.9 Å². The Labute approximate surface area is 270 Å². The monoisotopic (exact) mass is 607 g/mol. The second-order valence-corrected chi connectivity index (χ2v) is 16.2. The second-order valence-electron chi connectivity index (χ2n) is 16.2. The molecule has 6 aliphatic rings. The van der Waals surface area contributed by atoms with Crippen LogP contribution < -0.4 is 4.74 Å². The van der Waals surface area contributed by atoms with E-state index in [1.807, 2.05) is 30.3 Å². The lowest BCUT2D eigenvalue weighted by molar-refractivity contribution is -0.0799. The van der Waals surface area contributed by atoms with E-state index in [0.29, 0.717) is 24.0 Å². The summed E-state index contributed by atoms with van der Waals surface area (Å²) in [5, 5.41) is 10.4. The van der Waals surface area contributed by atoms with Crippen molar-refractivity contribution >= 4 is 0 Å². The number of rotatable bonds is 4. The van der Waals surface area contributed by atoms with E-state index in [0.717, 1.165) is 61.6 Å². The van der Waals surface area contributed by atoms with Gasteiger partial charge in [0, 0.05) is 25.0 Å². The number of aliphatic hydroxyl groups is 1. The zero-order valence-electron chi connectivity index (χ0n) is 27.9. The number of ether oxygens (including phenoxy) is 2. The quantitative estimate of drug-likeness (QED) is 0.352. The van der Waals surface area contributed by atoms with Crippen LogP contribution in [0.3, 0.4) is 0 Å². The van der Waals surface area contributed by atoms with Crippen LogP contribution in [0, 0.1) is 35.0 Å². The Kier molecular flexibility index (Phi) is 7.58. The van der Waals surface area contributed by atoms with Gasteiger partial charge >= 0.3 is 0 Å². The van der Waals surface area contributed by atoms with Crippen LogP contribution in [-0.2, 0) is 11.3 Å². The molecule has 0 amide bonds. The number of nitrogens with zero attached hydrogens (tertiary/aromatic N) is 1. The Morgan fingerprint density at radius 3 is 2.56 bits per heavy atom. The molecule has 10 atom stereocenters. The summed E-state index contributed by atoms with van der Waals surface area (Å²) in [5.74, 6) is 5.19. The first-order valence-electron chi connectivity index (χ1n) is 18.0. The lowest BCUT2D eigenvalue weighted by atomic mass is 9.56. The SMILES string of the molecule is CC1=C2C[C@H]3C(CCC4=C[C@@H](O)CC[C@@]43C)[C@@H]2CC[C@@]2(C1)O[C@@H]1C[C@H](C)CN(Cc3ccc(Oc4ccccc4)cc3)[C@H]1[C@H]2C. The fourth-order valence-electron chi connectivity index (χ4n) is 11.4. The molecular formula is C41H53NO3. The molecule has 0 radical (unpaired) electrons. The Hall–Kier alpha value is -2.40. The van der Waals surface area contributed by atoms with Crippen molar-refractivity contribution in [3.8, 4) is 11.5 Å². The third kappa shape index (κ3) is 5.15. The zero-order valence-corrected chi connectivity index (χ0v) is 27.9. The van der Waals surface area contributed by atoms with Crippen LogP contribution >= 0.6 is 0 Å². The molecule has 45 heavy (non-hydrogen) atoms. The van der Waals surface area contributed by atoms with Gasteiger partial charge in [-0.05, 0) is 124 Å². The van der Waals surface area contributed by atoms with E-state index in [-0.39, 0.29) is 17.1 Å². The highest BCUT2D eigenvalue weighted by Gasteiger charge is 2.59. The molecule has 1 N–H and O–H groups in total. The maximum atomic E-state index is 10.4. The number of piperidine rings is 1. The van der Waals surface area contributed by atoms with Crippen molar-refractivity contribution in [2.24, 2.45) is 35.0 Å². The van der Waals surface area contributed by atoms with Crippen molar-refractivity contribution in [3.63, 3.8) is 0 Å². The number of aliphatic hydroxyl groups excluding tert-OH is 1. The van der Waals surface area contributed by atoms with Crippen LogP contribution in [0.4, 0.5) is 0 Å². The van der Waals surface area contributed by atoms with Gasteiger partial charge in [-0.2, -0.15) is 0 Å². The Balaban J connectivity index is 1.00. The van der Waals surface area contributed by atoms with Gasteiger partial charge in [-0.15, -0.1) is 0 Å². The van der Waals surface area contributed by atoms with Gasteiger partial charge in [0.1, 0.15) is 11.5 Å². The number of fused-ring (bicyclic) bond motifs is 6. The summed E-state index contributed by atoms with van der Waals surface area (Å²) in [6.07, 6.45) is 13.0. The molecule has 8 rings (SSSR count). The van der Waals surface area contributed by atoms with Crippen molar-refractivity contribution < 1.29 is 14.6 Å². The topological polar surface area (TPSA) is 41.9 Å². The molecule has 240 valence electrons. The number of hydrogen-bond donors (Lipinski definition) is 1. The van der Waals surface area contributed by atoms with Gasteiger partial charge in [-0.25, -0.2) is 0 Å². The normalized spacial score (nSPS) is 41.1. The highest BCUT2D eigenvalue weighted by molar-refractivity contribution is 5.35. The zero-order chi connectivity index (χ0) is 30.9. The molecule has 1 unspecified atom stereocenters. The first-order chi connectivity index (χ1) is 21.7. The highest BCUT2D eigenvalue weighted by Crippen LogP contribution is 2.64. The van der Waals surface area contributed by atoms with E-state index in [1.54, 1.807) is 16.7 Å². The fraction of sp³-hybridized carbons (Fsp3) is 0.610. The molecular weight excluding hydrogens is 554 g/mol. The van der Waals surface area contributed by atoms with Gasteiger partial charge < -0.3 is 14.6 Å². The molecule has 2 aromatic carbocycles. The molecule has 2 aromatic rings. The van der Waals surface area contributed by atoms with Crippen LogP contribution in [0.2, 0.25) is 0 Å². The van der Waals surface area contributed by atoms with Gasteiger partial charge in [0.25, 0.3) is 0 Å². The summed E-state index contributed by atoms with van der Waals surface area (Å²) < 4.78 is 13.4. The molecule has 2 saturated carbocycles. The predicted octanol–water partition coefficient (Wildman–Crippen LogP) is 9.10. The Morgan fingerprint density at radius 2 is 1.76 bits per heavy atom. The number of hydrogen-bond acceptors (Lipinski definition) is 4. The molecule has 4 aliphatic carbocycles. The average molecular weight is 608 g/mol. The average Bonchev–Trinajstić information content (AvgIpc) is 3.49. The van der Waals surface area contributed by atoms with Crippen molar-refractivity contribution in [2.75, 3.05) is 6.54 Å². The number of likely N-dealkylation sites (tertiary alicyclic amines) is 1. The minimum atomic E-state index is -0.225. The third-order valence-corrected chi connectivity index (χ3v) is 13.6. The molecule has 0 bridgehead atoms. The van der Waals surface area contributed by atoms with Gasteiger partial charge in [0.15, 0.2) is 0 Å². The molecule has 2 aliphatic heterocycles. The number of allylic oxidation sites excluding steroid dienone is 2. The first kappa shape index (κ1) is 30.0.